The molecule has 1 N–H and O–H groups in total. The van der Waals surface area contributed by atoms with Crippen molar-refractivity contribution in [3.8, 4) is 22.5 Å². The highest BCUT2D eigenvalue weighted by molar-refractivity contribution is 6.05. The van der Waals surface area contributed by atoms with E-state index < -0.39 is 0 Å². The molecule has 0 saturated heterocycles. The molecule has 0 spiro atoms. The quantitative estimate of drug-likeness (QED) is 0.484. The maximum atomic E-state index is 13.2. The van der Waals surface area contributed by atoms with E-state index in [1.807, 2.05) is 30.3 Å². The van der Waals surface area contributed by atoms with Crippen molar-refractivity contribution >= 4 is 11.6 Å². The van der Waals surface area contributed by atoms with Gasteiger partial charge in [-0.2, -0.15) is 5.10 Å². The minimum atomic E-state index is -0.187. The van der Waals surface area contributed by atoms with Crippen molar-refractivity contribution in [3.05, 3.63) is 77.9 Å². The summed E-state index contributed by atoms with van der Waals surface area (Å²) < 4.78 is 3.87. The van der Waals surface area contributed by atoms with Gasteiger partial charge in [-0.1, -0.05) is 49.4 Å². The Morgan fingerprint density at radius 3 is 2.66 bits per heavy atom. The van der Waals surface area contributed by atoms with E-state index in [-0.39, 0.29) is 5.91 Å². The van der Waals surface area contributed by atoms with Crippen molar-refractivity contribution in [2.24, 2.45) is 7.05 Å². The number of rotatable bonds is 5. The minimum absolute atomic E-state index is 0.187. The van der Waals surface area contributed by atoms with Crippen LogP contribution in [-0.2, 0) is 26.4 Å². The molecule has 0 unspecified atom stereocenters. The highest BCUT2D eigenvalue weighted by Gasteiger charge is 2.19. The van der Waals surface area contributed by atoms with Crippen LogP contribution in [0.3, 0.4) is 0 Å². The average Bonchev–Trinajstić information content (AvgIpc) is 3.43. The monoisotopic (exact) mass is 425 g/mol. The van der Waals surface area contributed by atoms with Gasteiger partial charge in [0, 0.05) is 37.3 Å². The molecule has 4 aromatic rings. The first-order valence-electron chi connectivity index (χ1n) is 11.2. The van der Waals surface area contributed by atoms with Crippen LogP contribution in [0.15, 0.2) is 60.8 Å². The molecule has 0 bridgehead atoms. The molecule has 2 aromatic carbocycles. The number of benzene rings is 2. The molecule has 162 valence electrons. The largest absolute Gasteiger partial charge is 0.334 e. The summed E-state index contributed by atoms with van der Waals surface area (Å²) in [7, 11) is 1.80. The number of fused-ring (bicyclic) bond motifs is 1. The summed E-state index contributed by atoms with van der Waals surface area (Å²) in [5, 5.41) is 7.64. The van der Waals surface area contributed by atoms with Crippen LogP contribution in [0, 0.1) is 0 Å². The lowest BCUT2D eigenvalue weighted by Gasteiger charge is -2.11. The number of carbonyl (C=O) groups is 1. The van der Waals surface area contributed by atoms with E-state index in [1.165, 1.54) is 18.4 Å². The number of anilines is 1. The molecule has 5 rings (SSSR count). The normalized spacial score (nSPS) is 13.1. The van der Waals surface area contributed by atoms with Crippen LogP contribution in [-0.4, -0.2) is 25.2 Å². The second-order valence-electron chi connectivity index (χ2n) is 8.28. The SMILES string of the molecule is CCc1ccc(-c2cc(C(=O)Nc3ccccc3-c3cn4c(n3)CCCC4)n(C)n2)cc1. The lowest BCUT2D eigenvalue weighted by atomic mass is 10.1. The van der Waals surface area contributed by atoms with Gasteiger partial charge in [-0.15, -0.1) is 0 Å². The van der Waals surface area contributed by atoms with Crippen molar-refractivity contribution in [1.29, 1.82) is 0 Å². The predicted molar refractivity (Wildman–Crippen MR) is 127 cm³/mol. The zero-order chi connectivity index (χ0) is 22.1. The zero-order valence-electron chi connectivity index (χ0n) is 18.5. The van der Waals surface area contributed by atoms with Crippen LogP contribution >= 0.6 is 0 Å². The number of imidazole rings is 1. The maximum Gasteiger partial charge on any atom is 0.273 e. The fourth-order valence-corrected chi connectivity index (χ4v) is 4.28. The molecule has 0 saturated carbocycles. The Balaban J connectivity index is 1.41. The second-order valence-corrected chi connectivity index (χ2v) is 8.28. The Kier molecular flexibility index (Phi) is 5.35. The lowest BCUT2D eigenvalue weighted by molar-refractivity contribution is 0.101. The molecular formula is C26H27N5O. The van der Waals surface area contributed by atoms with Crippen LogP contribution in [0.2, 0.25) is 0 Å². The summed E-state index contributed by atoms with van der Waals surface area (Å²) in [5.41, 5.74) is 6.16. The third-order valence-corrected chi connectivity index (χ3v) is 6.13. The lowest BCUT2D eigenvalue weighted by Crippen LogP contribution is -2.16. The van der Waals surface area contributed by atoms with E-state index >= 15 is 0 Å². The van der Waals surface area contributed by atoms with Crippen LogP contribution in [0.1, 0.15) is 41.6 Å². The summed E-state index contributed by atoms with van der Waals surface area (Å²) in [4.78, 5) is 18.0. The molecule has 32 heavy (non-hydrogen) atoms. The van der Waals surface area contributed by atoms with E-state index in [2.05, 4.69) is 52.4 Å². The number of nitrogens with zero attached hydrogens (tertiary/aromatic N) is 4. The zero-order valence-corrected chi connectivity index (χ0v) is 18.5. The fourth-order valence-electron chi connectivity index (χ4n) is 4.28. The summed E-state index contributed by atoms with van der Waals surface area (Å²) in [6, 6.07) is 18.0. The highest BCUT2D eigenvalue weighted by Crippen LogP contribution is 2.29. The number of para-hydroxylation sites is 1. The summed E-state index contributed by atoms with van der Waals surface area (Å²) in [6.45, 7) is 3.14. The second kappa shape index (κ2) is 8.46. The van der Waals surface area contributed by atoms with Crippen LogP contribution in [0.5, 0.6) is 0 Å². The number of hydrogen-bond acceptors (Lipinski definition) is 3. The Bertz CT molecular complexity index is 1240. The van der Waals surface area contributed by atoms with Crippen molar-refractivity contribution in [2.75, 3.05) is 5.32 Å². The first kappa shape index (κ1) is 20.2. The van der Waals surface area contributed by atoms with Gasteiger partial charge in [0.1, 0.15) is 11.5 Å². The maximum absolute atomic E-state index is 13.2. The summed E-state index contributed by atoms with van der Waals surface area (Å²) >= 11 is 0. The molecule has 1 amide bonds. The molecule has 1 aliphatic heterocycles. The first-order valence-corrected chi connectivity index (χ1v) is 11.2. The number of aromatic nitrogens is 4. The number of hydrogen-bond donors (Lipinski definition) is 1. The van der Waals surface area contributed by atoms with Crippen molar-refractivity contribution in [1.82, 2.24) is 19.3 Å². The summed E-state index contributed by atoms with van der Waals surface area (Å²) in [5.74, 6) is 0.936. The molecule has 2 aromatic heterocycles. The van der Waals surface area contributed by atoms with Gasteiger partial charge in [0.25, 0.3) is 5.91 Å². The fraction of sp³-hybridized carbons (Fsp3) is 0.269. The van der Waals surface area contributed by atoms with Crippen LogP contribution < -0.4 is 5.32 Å². The Morgan fingerprint density at radius 2 is 1.88 bits per heavy atom. The van der Waals surface area contributed by atoms with Crippen LogP contribution in [0.4, 0.5) is 5.69 Å². The molecular weight excluding hydrogens is 398 g/mol. The third kappa shape index (κ3) is 3.84. The van der Waals surface area contributed by atoms with Gasteiger partial charge in [0.15, 0.2) is 0 Å². The van der Waals surface area contributed by atoms with Gasteiger partial charge in [0.2, 0.25) is 0 Å². The molecule has 6 heteroatoms. The molecule has 1 aliphatic rings. The molecule has 0 aliphatic carbocycles. The van der Waals surface area contributed by atoms with Gasteiger partial charge in [0.05, 0.1) is 17.1 Å². The Morgan fingerprint density at radius 1 is 1.06 bits per heavy atom. The summed E-state index contributed by atoms with van der Waals surface area (Å²) in [6.07, 6.45) is 6.46. The Hall–Kier alpha value is -3.67. The van der Waals surface area contributed by atoms with Gasteiger partial charge >= 0.3 is 0 Å². The topological polar surface area (TPSA) is 64.7 Å². The van der Waals surface area contributed by atoms with E-state index in [4.69, 9.17) is 4.98 Å². The predicted octanol–water partition coefficient (Wildman–Crippen LogP) is 5.10. The van der Waals surface area contributed by atoms with E-state index in [1.54, 1.807) is 11.7 Å². The van der Waals surface area contributed by atoms with Crippen LogP contribution in [0.25, 0.3) is 22.5 Å². The van der Waals surface area contributed by atoms with Crippen molar-refractivity contribution in [2.45, 2.75) is 39.2 Å². The van der Waals surface area contributed by atoms with E-state index in [9.17, 15) is 4.79 Å². The number of carbonyl (C=O) groups excluding carboxylic acids is 1. The number of nitrogens with one attached hydrogen (secondary N) is 1. The van der Waals surface area contributed by atoms with E-state index in [0.29, 0.717) is 5.69 Å². The molecule has 3 heterocycles. The number of aryl methyl sites for hydroxylation is 4. The Labute approximate surface area is 187 Å². The van der Waals surface area contributed by atoms with Crippen molar-refractivity contribution < 1.29 is 4.79 Å². The van der Waals surface area contributed by atoms with Crippen molar-refractivity contribution in [3.63, 3.8) is 0 Å². The van der Waals surface area contributed by atoms with Gasteiger partial charge < -0.3 is 9.88 Å². The minimum Gasteiger partial charge on any atom is -0.334 e. The standard InChI is InChI=1S/C26H27N5O/c1-3-18-11-13-19(14-12-18)22-16-24(30(2)29-22)26(32)28-21-9-5-4-8-20(21)23-17-31-15-7-6-10-25(31)27-23/h4-5,8-9,11-14,16-17H,3,6-7,10,15H2,1-2H3,(H,28,32). The van der Waals surface area contributed by atoms with Gasteiger partial charge in [-0.05, 0) is 37.0 Å². The smallest absolute Gasteiger partial charge is 0.273 e. The van der Waals surface area contributed by atoms with Gasteiger partial charge in [-0.3, -0.25) is 9.48 Å². The third-order valence-electron chi connectivity index (χ3n) is 6.13. The average molecular weight is 426 g/mol. The number of amides is 1. The molecule has 0 atom stereocenters. The first-order chi connectivity index (χ1) is 15.6. The van der Waals surface area contributed by atoms with Gasteiger partial charge in [-0.25, -0.2) is 4.98 Å². The molecule has 6 nitrogen and oxygen atoms in total. The molecule has 0 radical (unpaired) electrons. The molecule has 0 fully saturated rings. The van der Waals surface area contributed by atoms with E-state index in [0.717, 1.165) is 53.4 Å². The highest BCUT2D eigenvalue weighted by atomic mass is 16.2.